The van der Waals surface area contributed by atoms with E-state index in [2.05, 4.69) is 26.8 Å². The van der Waals surface area contributed by atoms with Crippen molar-refractivity contribution in [2.45, 2.75) is 38.6 Å². The van der Waals surface area contributed by atoms with Crippen LogP contribution >= 0.6 is 0 Å². The van der Waals surface area contributed by atoms with Crippen molar-refractivity contribution in [3.05, 3.63) is 18.2 Å². The average molecular weight is 306 g/mol. The van der Waals surface area contributed by atoms with Gasteiger partial charge in [-0.05, 0) is 18.3 Å². The zero-order valence-electron chi connectivity index (χ0n) is 13.9. The molecule has 1 aliphatic carbocycles. The minimum Gasteiger partial charge on any atom is -0.379 e. The van der Waals surface area contributed by atoms with E-state index in [1.807, 2.05) is 12.4 Å². The van der Waals surface area contributed by atoms with E-state index in [0.717, 1.165) is 45.2 Å². The Balaban J connectivity index is 1.55. The largest absolute Gasteiger partial charge is 0.379 e. The summed E-state index contributed by atoms with van der Waals surface area (Å²) >= 11 is 0. The molecule has 2 heterocycles. The molecule has 1 aliphatic heterocycles. The van der Waals surface area contributed by atoms with Gasteiger partial charge in [-0.2, -0.15) is 0 Å². The summed E-state index contributed by atoms with van der Waals surface area (Å²) < 4.78 is 7.60. The Morgan fingerprint density at radius 2 is 2.00 bits per heavy atom. The molecular formula is C17H30N4O. The zero-order valence-corrected chi connectivity index (χ0v) is 13.9. The van der Waals surface area contributed by atoms with Crippen LogP contribution in [0.2, 0.25) is 0 Å². The van der Waals surface area contributed by atoms with Gasteiger partial charge in [0.2, 0.25) is 0 Å². The highest BCUT2D eigenvalue weighted by molar-refractivity contribution is 4.93. The van der Waals surface area contributed by atoms with Gasteiger partial charge >= 0.3 is 0 Å². The molecule has 0 aromatic carbocycles. The van der Waals surface area contributed by atoms with Gasteiger partial charge < -0.3 is 14.6 Å². The quantitative estimate of drug-likeness (QED) is 0.870. The lowest BCUT2D eigenvalue weighted by Crippen LogP contribution is -2.48. The predicted molar refractivity (Wildman–Crippen MR) is 87.7 cm³/mol. The number of morpholine rings is 1. The zero-order chi connectivity index (χ0) is 15.3. The van der Waals surface area contributed by atoms with Crippen molar-refractivity contribution < 1.29 is 4.74 Å². The lowest BCUT2D eigenvalue weighted by atomic mass is 9.73. The molecule has 0 atom stereocenters. The maximum absolute atomic E-state index is 5.50. The van der Waals surface area contributed by atoms with Gasteiger partial charge in [0, 0.05) is 45.6 Å². The fourth-order valence-electron chi connectivity index (χ4n) is 3.93. The van der Waals surface area contributed by atoms with Crippen LogP contribution in [0.1, 0.15) is 37.9 Å². The van der Waals surface area contributed by atoms with E-state index in [1.165, 1.54) is 38.6 Å². The third-order valence-corrected chi connectivity index (χ3v) is 5.28. The van der Waals surface area contributed by atoms with Crippen molar-refractivity contribution in [3.63, 3.8) is 0 Å². The van der Waals surface area contributed by atoms with Gasteiger partial charge in [-0.15, -0.1) is 0 Å². The highest BCUT2D eigenvalue weighted by Gasteiger charge is 2.34. The number of nitrogens with one attached hydrogen (secondary N) is 1. The van der Waals surface area contributed by atoms with E-state index < -0.39 is 0 Å². The van der Waals surface area contributed by atoms with Gasteiger partial charge in [0.1, 0.15) is 5.82 Å². The third-order valence-electron chi connectivity index (χ3n) is 5.28. The van der Waals surface area contributed by atoms with E-state index in [9.17, 15) is 0 Å². The summed E-state index contributed by atoms with van der Waals surface area (Å²) in [5.41, 5.74) is 0.445. The first-order valence-electron chi connectivity index (χ1n) is 8.75. The number of rotatable bonds is 6. The molecule has 1 aromatic heterocycles. The number of nitrogens with zero attached hydrogens (tertiary/aromatic N) is 3. The minimum absolute atomic E-state index is 0.445. The van der Waals surface area contributed by atoms with Gasteiger partial charge in [-0.25, -0.2) is 4.98 Å². The van der Waals surface area contributed by atoms with Crippen LogP contribution in [0.15, 0.2) is 12.4 Å². The summed E-state index contributed by atoms with van der Waals surface area (Å²) in [5, 5.41) is 3.69. The fourth-order valence-corrected chi connectivity index (χ4v) is 3.93. The smallest absolute Gasteiger partial charge is 0.122 e. The molecule has 1 aromatic rings. The van der Waals surface area contributed by atoms with Crippen LogP contribution in [0.3, 0.4) is 0 Å². The maximum atomic E-state index is 5.50. The standard InChI is InChI=1S/C17H30N4O/c1-20-8-7-19-16(20)13-18-14-17(5-3-2-4-6-17)15-21-9-11-22-12-10-21/h7-8,18H,2-6,9-15H2,1H3. The van der Waals surface area contributed by atoms with Crippen molar-refractivity contribution in [2.24, 2.45) is 12.5 Å². The highest BCUT2D eigenvalue weighted by atomic mass is 16.5. The number of hydrogen-bond acceptors (Lipinski definition) is 4. The summed E-state index contributed by atoms with van der Waals surface area (Å²) in [6, 6.07) is 0. The molecule has 0 amide bonds. The minimum atomic E-state index is 0.445. The second-order valence-electron chi connectivity index (χ2n) is 7.01. The summed E-state index contributed by atoms with van der Waals surface area (Å²) in [6.45, 7) is 7.20. The molecule has 22 heavy (non-hydrogen) atoms. The first-order chi connectivity index (χ1) is 10.8. The molecule has 0 spiro atoms. The molecule has 2 fully saturated rings. The lowest BCUT2D eigenvalue weighted by Gasteiger charge is -2.42. The topological polar surface area (TPSA) is 42.3 Å². The number of imidazole rings is 1. The van der Waals surface area contributed by atoms with Crippen molar-refractivity contribution >= 4 is 0 Å². The Bertz CT molecular complexity index is 447. The monoisotopic (exact) mass is 306 g/mol. The van der Waals surface area contributed by atoms with Crippen LogP contribution in [0.25, 0.3) is 0 Å². The second kappa shape index (κ2) is 7.57. The summed E-state index contributed by atoms with van der Waals surface area (Å²) in [5.74, 6) is 1.12. The first kappa shape index (κ1) is 16.0. The maximum Gasteiger partial charge on any atom is 0.122 e. The normalized spacial score (nSPS) is 22.8. The van der Waals surface area contributed by atoms with E-state index >= 15 is 0 Å². The number of hydrogen-bond donors (Lipinski definition) is 1. The Labute approximate surface area is 134 Å². The summed E-state index contributed by atoms with van der Waals surface area (Å²) in [6.07, 6.45) is 10.8. The molecular weight excluding hydrogens is 276 g/mol. The van der Waals surface area contributed by atoms with Gasteiger partial charge in [0.15, 0.2) is 0 Å². The van der Waals surface area contributed by atoms with E-state index in [-0.39, 0.29) is 0 Å². The van der Waals surface area contributed by atoms with Gasteiger partial charge in [-0.3, -0.25) is 4.90 Å². The molecule has 0 radical (unpaired) electrons. The van der Waals surface area contributed by atoms with Gasteiger partial charge in [0.25, 0.3) is 0 Å². The van der Waals surface area contributed by atoms with Crippen LogP contribution in [-0.2, 0) is 18.3 Å². The molecule has 2 aliphatic rings. The van der Waals surface area contributed by atoms with Crippen LogP contribution in [0, 0.1) is 5.41 Å². The van der Waals surface area contributed by atoms with Crippen LogP contribution in [0.4, 0.5) is 0 Å². The second-order valence-corrected chi connectivity index (χ2v) is 7.01. The summed E-state index contributed by atoms with van der Waals surface area (Å²) in [7, 11) is 2.06. The molecule has 0 bridgehead atoms. The van der Waals surface area contributed by atoms with Crippen LogP contribution < -0.4 is 5.32 Å². The van der Waals surface area contributed by atoms with E-state index in [0.29, 0.717) is 5.41 Å². The van der Waals surface area contributed by atoms with E-state index in [4.69, 9.17) is 4.74 Å². The number of aromatic nitrogens is 2. The highest BCUT2D eigenvalue weighted by Crippen LogP contribution is 2.36. The fraction of sp³-hybridized carbons (Fsp3) is 0.824. The van der Waals surface area contributed by atoms with Gasteiger partial charge in [-0.1, -0.05) is 19.3 Å². The Hall–Kier alpha value is -0.910. The average Bonchev–Trinajstić information content (AvgIpc) is 2.95. The Morgan fingerprint density at radius 3 is 2.68 bits per heavy atom. The number of ether oxygens (including phenoxy) is 1. The molecule has 5 heteroatoms. The third kappa shape index (κ3) is 4.09. The molecule has 0 unspecified atom stereocenters. The van der Waals surface area contributed by atoms with E-state index in [1.54, 1.807) is 0 Å². The molecule has 1 N–H and O–H groups in total. The molecule has 5 nitrogen and oxygen atoms in total. The van der Waals surface area contributed by atoms with Crippen molar-refractivity contribution in [1.29, 1.82) is 0 Å². The molecule has 124 valence electrons. The SMILES string of the molecule is Cn1ccnc1CNCC1(CN2CCOCC2)CCCCC1. The Morgan fingerprint density at radius 1 is 1.23 bits per heavy atom. The van der Waals surface area contributed by atoms with Crippen molar-refractivity contribution in [1.82, 2.24) is 19.8 Å². The van der Waals surface area contributed by atoms with Crippen molar-refractivity contribution in [2.75, 3.05) is 39.4 Å². The van der Waals surface area contributed by atoms with Crippen LogP contribution in [-0.4, -0.2) is 53.8 Å². The van der Waals surface area contributed by atoms with Crippen LogP contribution in [0.5, 0.6) is 0 Å². The van der Waals surface area contributed by atoms with Crippen molar-refractivity contribution in [3.8, 4) is 0 Å². The molecule has 1 saturated heterocycles. The number of aryl methyl sites for hydroxylation is 1. The Kier molecular flexibility index (Phi) is 5.50. The summed E-state index contributed by atoms with van der Waals surface area (Å²) in [4.78, 5) is 7.02. The predicted octanol–water partition coefficient (Wildman–Crippen LogP) is 1.79. The first-order valence-corrected chi connectivity index (χ1v) is 8.75. The molecule has 3 rings (SSSR count). The van der Waals surface area contributed by atoms with Gasteiger partial charge in [0.05, 0.1) is 19.8 Å². The molecule has 1 saturated carbocycles. The lowest BCUT2D eigenvalue weighted by molar-refractivity contribution is 0.00709.